The molecule has 3 aliphatic carbocycles. The average molecular weight is 1060 g/mol. The van der Waals surface area contributed by atoms with Crippen LogP contribution in [-0.4, -0.2) is 142 Å². The molecule has 15 rings (SSSR count). The zero-order chi connectivity index (χ0) is 53.5. The zero-order valence-corrected chi connectivity index (χ0v) is 45.4. The third-order valence-electron chi connectivity index (χ3n) is 21.1. The molecule has 15 nitrogen and oxygen atoms in total. The molecule has 6 aliphatic heterocycles. The van der Waals surface area contributed by atoms with Gasteiger partial charge in [0.15, 0.2) is 0 Å². The van der Waals surface area contributed by atoms with Gasteiger partial charge in [-0.15, -0.1) is 0 Å². The van der Waals surface area contributed by atoms with Gasteiger partial charge in [0.05, 0.1) is 75.5 Å². The van der Waals surface area contributed by atoms with Crippen molar-refractivity contribution >= 4 is 50.6 Å². The summed E-state index contributed by atoms with van der Waals surface area (Å²) in [6.07, 6.45) is 9.41. The molecule has 3 saturated carbocycles. The summed E-state index contributed by atoms with van der Waals surface area (Å²) in [5.74, 6) is 0.162. The number of aromatic amines is 3. The maximum absolute atomic E-state index is 12.4. The smallest absolute Gasteiger partial charge is 0.311 e. The Hall–Kier alpha value is -5.55. The monoisotopic (exact) mass is 1060 g/mol. The number of nitrogens with one attached hydrogen (secondary N) is 3. The molecule has 0 unspecified atom stereocenters. The van der Waals surface area contributed by atoms with E-state index in [1.54, 1.807) is 0 Å². The number of rotatable bonds is 3. The maximum Gasteiger partial charge on any atom is 0.311 e. The summed E-state index contributed by atoms with van der Waals surface area (Å²) in [5, 5.41) is 35.5. The van der Waals surface area contributed by atoms with Crippen LogP contribution in [0.4, 0.5) is 0 Å². The van der Waals surface area contributed by atoms with E-state index in [4.69, 9.17) is 14.2 Å². The fourth-order valence-electron chi connectivity index (χ4n) is 17.4. The molecule has 3 aromatic carbocycles. The highest BCUT2D eigenvalue weighted by molar-refractivity contribution is 5.87. The molecule has 3 aromatic heterocycles. The molecule has 15 heteroatoms. The number of aromatic nitrogens is 3. The van der Waals surface area contributed by atoms with Gasteiger partial charge in [-0.25, -0.2) is 0 Å². The standard InChI is InChI=1S/3C21H26N2O3/c3*1-26-21(25)19-15-10-17-20-14(13-4-2-3-5-16(13)22-20)8-9-23(17)11-12(15)6-7-18(19)24/h3*2-5,12,15,17-19,22,24H,6-11H2,1H3/t3*12-,15-,17-,18-,19+/m000/s1. The lowest BCUT2D eigenvalue weighted by molar-refractivity contribution is -0.161. The fourth-order valence-corrected chi connectivity index (χ4v) is 17.4. The number of carbonyl (C=O) groups is 3. The van der Waals surface area contributed by atoms with Crippen molar-refractivity contribution in [1.82, 2.24) is 29.7 Å². The largest absolute Gasteiger partial charge is 0.469 e. The topological polar surface area (TPSA) is 197 Å². The molecule has 9 heterocycles. The minimum atomic E-state index is -0.568. The highest BCUT2D eigenvalue weighted by Crippen LogP contribution is 2.53. The molecular formula is C63H78N6O9. The van der Waals surface area contributed by atoms with Crippen LogP contribution in [0.2, 0.25) is 0 Å². The number of methoxy groups -OCH3 is 3. The van der Waals surface area contributed by atoms with E-state index in [1.165, 1.54) is 87.8 Å². The Labute approximate surface area is 456 Å². The number of aliphatic hydroxyl groups is 3. The van der Waals surface area contributed by atoms with Crippen LogP contribution in [0.5, 0.6) is 0 Å². The number of ether oxygens (including phenoxy) is 3. The van der Waals surface area contributed by atoms with Crippen LogP contribution in [0.1, 0.15) is 110 Å². The summed E-state index contributed by atoms with van der Waals surface area (Å²) in [7, 11) is 4.30. The first-order chi connectivity index (χ1) is 38.0. The van der Waals surface area contributed by atoms with Crippen LogP contribution in [0, 0.1) is 53.3 Å². The van der Waals surface area contributed by atoms with E-state index in [-0.39, 0.29) is 53.4 Å². The molecule has 0 amide bonds. The lowest BCUT2D eigenvalue weighted by Crippen LogP contribution is -2.53. The van der Waals surface area contributed by atoms with Gasteiger partial charge in [0.25, 0.3) is 0 Å². The number of H-pyrrole nitrogens is 3. The molecule has 6 fully saturated rings. The van der Waals surface area contributed by atoms with Crippen molar-refractivity contribution < 1.29 is 43.9 Å². The summed E-state index contributed by atoms with van der Waals surface area (Å²) in [6.45, 7) is 6.29. The van der Waals surface area contributed by atoms with Crippen LogP contribution in [0.3, 0.4) is 0 Å². The SMILES string of the molecule is COC(=O)[C@@H]1[C@H]2C[C@H]3c4[nH]c5ccccc5c4CCN3C[C@@H]2CC[C@@H]1O.COC(=O)[C@@H]1[C@H]2C[C@H]3c4[nH]c5ccccc5c4CCN3C[C@@H]2CC[C@@H]1O.COC(=O)[C@@H]1[C@H]2C[C@H]3c4[nH]c5ccccc5c4CCN3C[C@@H]2CC[C@@H]1O. The number of piperidine rings is 3. The first-order valence-corrected chi connectivity index (χ1v) is 29.3. The number of hydrogen-bond acceptors (Lipinski definition) is 12. The van der Waals surface area contributed by atoms with Crippen molar-refractivity contribution in [3.05, 3.63) is 107 Å². The summed E-state index contributed by atoms with van der Waals surface area (Å²) < 4.78 is 15.1. The van der Waals surface area contributed by atoms with Gasteiger partial charge >= 0.3 is 17.9 Å². The zero-order valence-electron chi connectivity index (χ0n) is 45.4. The third kappa shape index (κ3) is 8.90. The molecular weight excluding hydrogens is 985 g/mol. The van der Waals surface area contributed by atoms with Crippen LogP contribution in [0.25, 0.3) is 32.7 Å². The number of carbonyl (C=O) groups excluding carboxylic acids is 3. The van der Waals surface area contributed by atoms with Gasteiger partial charge in [-0.1, -0.05) is 54.6 Å². The molecule has 15 atom stereocenters. The lowest BCUT2D eigenvalue weighted by Gasteiger charge is -2.50. The minimum absolute atomic E-state index is 0.199. The summed E-state index contributed by atoms with van der Waals surface area (Å²) in [5.41, 5.74) is 11.9. The highest BCUT2D eigenvalue weighted by atomic mass is 16.5. The second kappa shape index (κ2) is 21.2. The Morgan fingerprint density at radius 3 is 1.00 bits per heavy atom. The van der Waals surface area contributed by atoms with Gasteiger partial charge in [-0.05, 0) is 147 Å². The van der Waals surface area contributed by atoms with Crippen LogP contribution in [-0.2, 0) is 47.9 Å². The van der Waals surface area contributed by atoms with Crippen LogP contribution >= 0.6 is 0 Å². The van der Waals surface area contributed by atoms with E-state index >= 15 is 0 Å². The average Bonchev–Trinajstić information content (AvgIpc) is 4.23. The summed E-state index contributed by atoms with van der Waals surface area (Å²) >= 11 is 0. The lowest BCUT2D eigenvalue weighted by atomic mass is 9.65. The predicted octanol–water partition coefficient (Wildman–Crippen LogP) is 7.94. The van der Waals surface area contributed by atoms with Gasteiger partial charge < -0.3 is 44.5 Å². The first-order valence-electron chi connectivity index (χ1n) is 29.3. The van der Waals surface area contributed by atoms with Crippen molar-refractivity contribution in [2.45, 2.75) is 113 Å². The van der Waals surface area contributed by atoms with Crippen LogP contribution < -0.4 is 0 Å². The van der Waals surface area contributed by atoms with Gasteiger partial charge in [-0.3, -0.25) is 29.1 Å². The molecule has 78 heavy (non-hydrogen) atoms. The van der Waals surface area contributed by atoms with E-state index in [0.29, 0.717) is 55.1 Å². The van der Waals surface area contributed by atoms with Gasteiger partial charge in [0.2, 0.25) is 0 Å². The molecule has 3 saturated heterocycles. The molecule has 6 aromatic rings. The van der Waals surface area contributed by atoms with Crippen molar-refractivity contribution in [2.24, 2.45) is 53.3 Å². The van der Waals surface area contributed by atoms with E-state index in [1.807, 2.05) is 0 Å². The van der Waals surface area contributed by atoms with Crippen molar-refractivity contribution in [3.63, 3.8) is 0 Å². The summed E-state index contributed by atoms with van der Waals surface area (Å²) in [6, 6.07) is 26.5. The molecule has 6 N–H and O–H groups in total. The van der Waals surface area contributed by atoms with E-state index < -0.39 is 18.3 Å². The number of fused-ring (bicyclic) bond motifs is 18. The number of esters is 3. The van der Waals surface area contributed by atoms with Gasteiger partial charge in [-0.2, -0.15) is 0 Å². The number of para-hydroxylation sites is 3. The van der Waals surface area contributed by atoms with E-state index in [9.17, 15) is 29.7 Å². The number of nitrogens with zero attached hydrogens (tertiary/aromatic N) is 3. The van der Waals surface area contributed by atoms with Gasteiger partial charge in [0, 0.05) is 89.1 Å². The third-order valence-corrected chi connectivity index (χ3v) is 21.1. The molecule has 0 spiro atoms. The Kier molecular flexibility index (Phi) is 14.1. The highest BCUT2D eigenvalue weighted by Gasteiger charge is 2.53. The van der Waals surface area contributed by atoms with Gasteiger partial charge in [0.1, 0.15) is 0 Å². The van der Waals surface area contributed by atoms with Crippen molar-refractivity contribution in [1.29, 1.82) is 0 Å². The second-order valence-electron chi connectivity index (χ2n) is 24.5. The number of aliphatic hydroxyl groups excluding tert-OH is 3. The number of benzene rings is 3. The Balaban J connectivity index is 0.000000111. The molecule has 414 valence electrons. The molecule has 0 bridgehead atoms. The predicted molar refractivity (Wildman–Crippen MR) is 296 cm³/mol. The van der Waals surface area contributed by atoms with Crippen LogP contribution in [0.15, 0.2) is 72.8 Å². The second-order valence-corrected chi connectivity index (χ2v) is 24.5. The normalized spacial score (nSPS) is 34.0. The Bertz CT molecular complexity index is 2870. The Morgan fingerprint density at radius 2 is 0.718 bits per heavy atom. The van der Waals surface area contributed by atoms with Crippen molar-refractivity contribution in [2.75, 3.05) is 60.6 Å². The van der Waals surface area contributed by atoms with E-state index in [0.717, 1.165) is 97.1 Å². The number of hydrogen-bond donors (Lipinski definition) is 6. The quantitative estimate of drug-likeness (QED) is 0.0741. The van der Waals surface area contributed by atoms with Crippen molar-refractivity contribution in [3.8, 4) is 0 Å². The minimum Gasteiger partial charge on any atom is -0.469 e. The maximum atomic E-state index is 12.4. The molecule has 9 aliphatic rings. The summed E-state index contributed by atoms with van der Waals surface area (Å²) in [4.78, 5) is 55.9. The fraction of sp³-hybridized carbons (Fsp3) is 0.571. The first kappa shape index (κ1) is 51.9. The molecule has 0 radical (unpaired) electrons. The van der Waals surface area contributed by atoms with E-state index in [2.05, 4.69) is 102 Å². The Morgan fingerprint density at radius 1 is 0.436 bits per heavy atom.